The molecule has 2 aliphatic heterocycles. The van der Waals surface area contributed by atoms with Gasteiger partial charge < -0.3 is 4.74 Å². The molecular weight excluding hydrogens is 120 g/mol. The van der Waals surface area contributed by atoms with Crippen LogP contribution in [0.2, 0.25) is 0 Å². The lowest BCUT2D eigenvalue weighted by Gasteiger charge is -2.17. The molecule has 2 rings (SSSR count). The summed E-state index contributed by atoms with van der Waals surface area (Å²) >= 11 is 1.99. The Labute approximate surface area is 53.8 Å². The fraction of sp³-hybridized carbons (Fsp3) is 1.00. The van der Waals surface area contributed by atoms with Crippen LogP contribution in [0.25, 0.3) is 0 Å². The molecule has 0 aromatic heterocycles. The standard InChI is InChI=1S/C6H10OS/c1-2-7-6-3-5(1)4-8-6/h5-6H,1-4H2. The molecule has 2 atom stereocenters. The highest BCUT2D eigenvalue weighted by atomic mass is 32.2. The summed E-state index contributed by atoms with van der Waals surface area (Å²) in [7, 11) is 0. The van der Waals surface area contributed by atoms with Crippen LogP contribution in [-0.2, 0) is 4.74 Å². The first-order chi connectivity index (χ1) is 3.95. The van der Waals surface area contributed by atoms with Gasteiger partial charge in [0.15, 0.2) is 0 Å². The maximum atomic E-state index is 5.43. The Morgan fingerprint density at radius 1 is 1.50 bits per heavy atom. The van der Waals surface area contributed by atoms with Crippen LogP contribution in [0.5, 0.6) is 0 Å². The minimum atomic E-state index is 0.578. The van der Waals surface area contributed by atoms with E-state index in [0.717, 1.165) is 12.5 Å². The van der Waals surface area contributed by atoms with E-state index in [9.17, 15) is 0 Å². The molecule has 0 aliphatic carbocycles. The highest BCUT2D eigenvalue weighted by molar-refractivity contribution is 8.00. The lowest BCUT2D eigenvalue weighted by atomic mass is 10.0. The van der Waals surface area contributed by atoms with E-state index in [2.05, 4.69) is 0 Å². The van der Waals surface area contributed by atoms with Crippen LogP contribution in [0.15, 0.2) is 0 Å². The molecule has 1 nitrogen and oxygen atoms in total. The Morgan fingerprint density at radius 2 is 2.50 bits per heavy atom. The molecule has 0 saturated carbocycles. The third-order valence-electron chi connectivity index (χ3n) is 1.87. The van der Waals surface area contributed by atoms with E-state index in [4.69, 9.17) is 4.74 Å². The lowest BCUT2D eigenvalue weighted by molar-refractivity contribution is 0.0601. The topological polar surface area (TPSA) is 9.23 Å². The molecule has 2 fully saturated rings. The third kappa shape index (κ3) is 0.759. The lowest BCUT2D eigenvalue weighted by Crippen LogP contribution is -2.15. The highest BCUT2D eigenvalue weighted by Crippen LogP contribution is 2.37. The molecule has 8 heavy (non-hydrogen) atoms. The molecule has 0 amide bonds. The molecule has 2 aliphatic rings. The van der Waals surface area contributed by atoms with Crippen molar-refractivity contribution in [2.24, 2.45) is 5.92 Å². The SMILES string of the molecule is C1CC2CSC(C2)O1. The predicted molar refractivity (Wildman–Crippen MR) is 34.9 cm³/mol. The Balaban J connectivity index is 2.03. The summed E-state index contributed by atoms with van der Waals surface area (Å²) in [5.41, 5.74) is 0.578. The fourth-order valence-corrected chi connectivity index (χ4v) is 2.73. The summed E-state index contributed by atoms with van der Waals surface area (Å²) in [5.74, 6) is 2.35. The molecule has 0 radical (unpaired) electrons. The molecule has 2 heterocycles. The first kappa shape index (κ1) is 5.12. The van der Waals surface area contributed by atoms with Gasteiger partial charge in [0.2, 0.25) is 0 Å². The summed E-state index contributed by atoms with van der Waals surface area (Å²) in [6, 6.07) is 0. The molecule has 2 heteroatoms. The van der Waals surface area contributed by atoms with Gasteiger partial charge in [0.05, 0.1) is 0 Å². The van der Waals surface area contributed by atoms with Gasteiger partial charge >= 0.3 is 0 Å². The van der Waals surface area contributed by atoms with Crippen molar-refractivity contribution in [3.63, 3.8) is 0 Å². The van der Waals surface area contributed by atoms with Crippen molar-refractivity contribution < 1.29 is 4.74 Å². The first-order valence-corrected chi connectivity index (χ1v) is 4.23. The monoisotopic (exact) mass is 130 g/mol. The second-order valence-electron chi connectivity index (χ2n) is 2.52. The molecule has 46 valence electrons. The van der Waals surface area contributed by atoms with Gasteiger partial charge in [-0.1, -0.05) is 0 Å². The molecule has 0 aromatic carbocycles. The molecule has 2 bridgehead atoms. The van der Waals surface area contributed by atoms with Crippen molar-refractivity contribution in [2.75, 3.05) is 12.4 Å². The zero-order chi connectivity index (χ0) is 5.40. The van der Waals surface area contributed by atoms with Gasteiger partial charge in [-0.25, -0.2) is 0 Å². The van der Waals surface area contributed by atoms with Crippen molar-refractivity contribution in [3.05, 3.63) is 0 Å². The van der Waals surface area contributed by atoms with Crippen molar-refractivity contribution in [1.29, 1.82) is 0 Å². The average molecular weight is 130 g/mol. The molecule has 0 N–H and O–H groups in total. The molecular formula is C6H10OS. The number of thioether (sulfide) groups is 1. The average Bonchev–Trinajstić information content (AvgIpc) is 2.12. The summed E-state index contributed by atoms with van der Waals surface area (Å²) in [6.07, 6.45) is 2.63. The Kier molecular flexibility index (Phi) is 1.23. The third-order valence-corrected chi connectivity index (χ3v) is 3.24. The van der Waals surface area contributed by atoms with Crippen molar-refractivity contribution in [2.45, 2.75) is 18.3 Å². The van der Waals surface area contributed by atoms with Crippen molar-refractivity contribution in [1.82, 2.24) is 0 Å². The zero-order valence-electron chi connectivity index (χ0n) is 4.80. The summed E-state index contributed by atoms with van der Waals surface area (Å²) in [6.45, 7) is 1.02. The Bertz CT molecular complexity index is 80.5. The number of rotatable bonds is 0. The molecule has 0 aromatic rings. The minimum Gasteiger partial charge on any atom is -0.368 e. The minimum absolute atomic E-state index is 0.578. The number of fused-ring (bicyclic) bond motifs is 2. The van der Waals surface area contributed by atoms with Crippen LogP contribution in [0.3, 0.4) is 0 Å². The largest absolute Gasteiger partial charge is 0.368 e. The highest BCUT2D eigenvalue weighted by Gasteiger charge is 2.29. The van der Waals surface area contributed by atoms with Crippen LogP contribution >= 0.6 is 11.8 Å². The van der Waals surface area contributed by atoms with E-state index in [-0.39, 0.29) is 0 Å². The zero-order valence-corrected chi connectivity index (χ0v) is 5.62. The van der Waals surface area contributed by atoms with Gasteiger partial charge in [-0.2, -0.15) is 0 Å². The van der Waals surface area contributed by atoms with Gasteiger partial charge in [0.25, 0.3) is 0 Å². The second-order valence-corrected chi connectivity index (χ2v) is 3.72. The van der Waals surface area contributed by atoms with Gasteiger partial charge in [0.1, 0.15) is 5.44 Å². The van der Waals surface area contributed by atoms with Gasteiger partial charge in [-0.05, 0) is 24.5 Å². The maximum Gasteiger partial charge on any atom is 0.103 e. The number of ether oxygens (including phenoxy) is 1. The summed E-state index contributed by atoms with van der Waals surface area (Å²) < 4.78 is 5.43. The van der Waals surface area contributed by atoms with Crippen LogP contribution in [0.4, 0.5) is 0 Å². The normalized spacial score (nSPS) is 45.0. The second kappa shape index (κ2) is 1.92. The van der Waals surface area contributed by atoms with Crippen molar-refractivity contribution >= 4 is 11.8 Å². The number of hydrogen-bond acceptors (Lipinski definition) is 2. The number of hydrogen-bond donors (Lipinski definition) is 0. The molecule has 0 spiro atoms. The molecule has 2 saturated heterocycles. The van der Waals surface area contributed by atoms with E-state index in [1.54, 1.807) is 0 Å². The van der Waals surface area contributed by atoms with Crippen LogP contribution < -0.4 is 0 Å². The first-order valence-electron chi connectivity index (χ1n) is 3.18. The van der Waals surface area contributed by atoms with Crippen LogP contribution in [0, 0.1) is 5.92 Å². The van der Waals surface area contributed by atoms with Crippen LogP contribution in [-0.4, -0.2) is 17.8 Å². The van der Waals surface area contributed by atoms with Gasteiger partial charge in [0, 0.05) is 6.61 Å². The predicted octanol–water partition coefficient (Wildman–Crippen LogP) is 1.49. The Morgan fingerprint density at radius 3 is 3.25 bits per heavy atom. The smallest absolute Gasteiger partial charge is 0.103 e. The maximum absolute atomic E-state index is 5.43. The van der Waals surface area contributed by atoms with E-state index >= 15 is 0 Å². The van der Waals surface area contributed by atoms with Gasteiger partial charge in [-0.3, -0.25) is 0 Å². The summed E-state index contributed by atoms with van der Waals surface area (Å²) in [4.78, 5) is 0. The molecule has 2 unspecified atom stereocenters. The van der Waals surface area contributed by atoms with E-state index in [1.807, 2.05) is 11.8 Å². The van der Waals surface area contributed by atoms with Gasteiger partial charge in [-0.15, -0.1) is 11.8 Å². The Hall–Kier alpha value is 0.310. The van der Waals surface area contributed by atoms with E-state index in [0.29, 0.717) is 5.44 Å². The van der Waals surface area contributed by atoms with E-state index in [1.165, 1.54) is 18.6 Å². The van der Waals surface area contributed by atoms with Crippen LogP contribution in [0.1, 0.15) is 12.8 Å². The quantitative estimate of drug-likeness (QED) is 0.491. The fourth-order valence-electron chi connectivity index (χ4n) is 1.34. The van der Waals surface area contributed by atoms with E-state index < -0.39 is 0 Å². The summed E-state index contributed by atoms with van der Waals surface area (Å²) in [5, 5.41) is 0. The van der Waals surface area contributed by atoms with Crippen molar-refractivity contribution in [3.8, 4) is 0 Å².